The number of aromatic amines is 1. The fourth-order valence-electron chi connectivity index (χ4n) is 3.77. The zero-order valence-electron chi connectivity index (χ0n) is 14.3. The van der Waals surface area contributed by atoms with Crippen molar-refractivity contribution in [2.75, 3.05) is 6.54 Å². The number of H-pyrrole nitrogens is 1. The first kappa shape index (κ1) is 17.8. The van der Waals surface area contributed by atoms with E-state index in [0.717, 1.165) is 25.2 Å². The molecule has 1 aromatic heterocycles. The van der Waals surface area contributed by atoms with Crippen molar-refractivity contribution < 1.29 is 9.18 Å². The highest BCUT2D eigenvalue weighted by Crippen LogP contribution is 2.42. The molecule has 0 aliphatic heterocycles. The minimum Gasteiger partial charge on any atom is -0.355 e. The van der Waals surface area contributed by atoms with Gasteiger partial charge in [-0.3, -0.25) is 9.89 Å². The summed E-state index contributed by atoms with van der Waals surface area (Å²) in [6, 6.07) is 6.63. The molecule has 2 N–H and O–H groups in total. The van der Waals surface area contributed by atoms with Gasteiger partial charge in [0.1, 0.15) is 11.6 Å². The van der Waals surface area contributed by atoms with Crippen LogP contribution in [0.2, 0.25) is 0 Å². The number of nitrogens with zero attached hydrogens (tertiary/aromatic N) is 2. The number of aromatic nitrogens is 3. The number of hydrogen-bond acceptors (Lipinski definition) is 3. The molecule has 0 bridgehead atoms. The Morgan fingerprint density at radius 2 is 2.12 bits per heavy atom. The van der Waals surface area contributed by atoms with Crippen molar-refractivity contribution >= 4 is 18.1 Å². The summed E-state index contributed by atoms with van der Waals surface area (Å²) in [5, 5.41) is 9.97. The number of amides is 1. The SMILES string of the molecule is CCn1c(CCNC(=O)C2(c3ccccc3F)CCCC2)n[nH]c1=S. The van der Waals surface area contributed by atoms with Crippen molar-refractivity contribution in [3.8, 4) is 0 Å². The highest BCUT2D eigenvalue weighted by Gasteiger charge is 2.44. The Hall–Kier alpha value is -2.02. The fourth-order valence-corrected chi connectivity index (χ4v) is 4.05. The minimum atomic E-state index is -0.749. The quantitative estimate of drug-likeness (QED) is 0.775. The molecule has 0 radical (unpaired) electrons. The van der Waals surface area contributed by atoms with Gasteiger partial charge in [-0.1, -0.05) is 31.0 Å². The summed E-state index contributed by atoms with van der Waals surface area (Å²) in [6.07, 6.45) is 3.84. The van der Waals surface area contributed by atoms with E-state index in [1.165, 1.54) is 6.07 Å². The lowest BCUT2D eigenvalue weighted by Gasteiger charge is -2.28. The number of benzene rings is 1. The van der Waals surface area contributed by atoms with E-state index in [1.54, 1.807) is 18.2 Å². The van der Waals surface area contributed by atoms with E-state index in [4.69, 9.17) is 12.2 Å². The summed E-state index contributed by atoms with van der Waals surface area (Å²) in [6.45, 7) is 3.19. The van der Waals surface area contributed by atoms with Crippen molar-refractivity contribution in [2.45, 2.75) is 51.0 Å². The Kier molecular flexibility index (Phi) is 5.32. The molecule has 1 amide bonds. The summed E-state index contributed by atoms with van der Waals surface area (Å²) < 4.78 is 16.8. The molecule has 1 aliphatic carbocycles. The predicted molar refractivity (Wildman–Crippen MR) is 96.3 cm³/mol. The van der Waals surface area contributed by atoms with Gasteiger partial charge in [-0.25, -0.2) is 4.39 Å². The van der Waals surface area contributed by atoms with Crippen molar-refractivity contribution in [3.63, 3.8) is 0 Å². The summed E-state index contributed by atoms with van der Waals surface area (Å²) in [5.74, 6) is 0.429. The Morgan fingerprint density at radius 1 is 1.40 bits per heavy atom. The van der Waals surface area contributed by atoms with E-state index in [9.17, 15) is 9.18 Å². The molecule has 1 saturated carbocycles. The molecule has 3 rings (SSSR count). The normalized spacial score (nSPS) is 16.1. The molecule has 5 nitrogen and oxygen atoms in total. The highest BCUT2D eigenvalue weighted by atomic mass is 32.1. The van der Waals surface area contributed by atoms with Crippen LogP contribution in [0.15, 0.2) is 24.3 Å². The van der Waals surface area contributed by atoms with Crippen LogP contribution < -0.4 is 5.32 Å². The van der Waals surface area contributed by atoms with E-state index in [2.05, 4.69) is 15.5 Å². The van der Waals surface area contributed by atoms with Crippen LogP contribution in [-0.2, 0) is 23.2 Å². The van der Waals surface area contributed by atoms with Gasteiger partial charge in [0.2, 0.25) is 5.91 Å². The first-order valence-electron chi connectivity index (χ1n) is 8.76. The Morgan fingerprint density at radius 3 is 2.80 bits per heavy atom. The number of rotatable bonds is 6. The van der Waals surface area contributed by atoms with E-state index in [-0.39, 0.29) is 11.7 Å². The molecular formula is C18H23FN4OS. The molecule has 1 aromatic carbocycles. The standard InChI is InChI=1S/C18H23FN4OS/c1-2-23-15(21-22-17(23)25)9-12-20-16(24)18(10-5-6-11-18)13-7-3-4-8-14(13)19/h3-4,7-8H,2,5-6,9-12H2,1H3,(H,20,24)(H,22,25). The largest absolute Gasteiger partial charge is 0.355 e. The van der Waals surface area contributed by atoms with Crippen molar-refractivity contribution in [2.24, 2.45) is 0 Å². The topological polar surface area (TPSA) is 62.7 Å². The monoisotopic (exact) mass is 362 g/mol. The van der Waals surface area contributed by atoms with Gasteiger partial charge >= 0.3 is 0 Å². The zero-order chi connectivity index (χ0) is 17.9. The average molecular weight is 362 g/mol. The van der Waals surface area contributed by atoms with E-state index >= 15 is 0 Å². The lowest BCUT2D eigenvalue weighted by molar-refractivity contribution is -0.126. The second kappa shape index (κ2) is 7.47. The van der Waals surface area contributed by atoms with Gasteiger partial charge in [-0.2, -0.15) is 5.10 Å². The summed E-state index contributed by atoms with van der Waals surface area (Å²) in [7, 11) is 0. The summed E-state index contributed by atoms with van der Waals surface area (Å²) >= 11 is 5.17. The Bertz CT molecular complexity index is 807. The van der Waals surface area contributed by atoms with Crippen LogP contribution in [0, 0.1) is 10.6 Å². The number of hydrogen-bond donors (Lipinski definition) is 2. The second-order valence-electron chi connectivity index (χ2n) is 6.46. The van der Waals surface area contributed by atoms with Crippen LogP contribution in [0.4, 0.5) is 4.39 Å². The molecule has 0 atom stereocenters. The predicted octanol–water partition coefficient (Wildman–Crippen LogP) is 3.27. The van der Waals surface area contributed by atoms with Crippen LogP contribution >= 0.6 is 12.2 Å². The fraction of sp³-hybridized carbons (Fsp3) is 0.500. The molecule has 0 unspecified atom stereocenters. The number of halogens is 1. The minimum absolute atomic E-state index is 0.0905. The molecule has 25 heavy (non-hydrogen) atoms. The molecule has 7 heteroatoms. The zero-order valence-corrected chi connectivity index (χ0v) is 15.2. The third-order valence-electron chi connectivity index (χ3n) is 5.07. The van der Waals surface area contributed by atoms with E-state index in [0.29, 0.717) is 36.1 Å². The first-order chi connectivity index (χ1) is 12.1. The van der Waals surface area contributed by atoms with Crippen LogP contribution in [-0.4, -0.2) is 27.2 Å². The lowest BCUT2D eigenvalue weighted by Crippen LogP contribution is -2.44. The number of carbonyl (C=O) groups is 1. The van der Waals surface area contributed by atoms with Crippen LogP contribution in [0.3, 0.4) is 0 Å². The molecule has 1 heterocycles. The maximum atomic E-state index is 14.3. The van der Waals surface area contributed by atoms with Crippen molar-refractivity contribution in [3.05, 3.63) is 46.2 Å². The summed E-state index contributed by atoms with van der Waals surface area (Å²) in [5.41, 5.74) is -0.234. The molecule has 134 valence electrons. The molecule has 0 saturated heterocycles. The van der Waals surface area contributed by atoms with Gasteiger partial charge in [0, 0.05) is 25.1 Å². The average Bonchev–Trinajstić information content (AvgIpc) is 3.23. The first-order valence-corrected chi connectivity index (χ1v) is 9.16. The van der Waals surface area contributed by atoms with Gasteiger partial charge < -0.3 is 9.88 Å². The van der Waals surface area contributed by atoms with E-state index in [1.807, 2.05) is 11.5 Å². The number of nitrogens with one attached hydrogen (secondary N) is 2. The molecule has 0 spiro atoms. The Labute approximate surface area is 151 Å². The van der Waals surface area contributed by atoms with Gasteiger partial charge in [-0.15, -0.1) is 0 Å². The molecule has 1 fully saturated rings. The summed E-state index contributed by atoms with van der Waals surface area (Å²) in [4.78, 5) is 12.9. The second-order valence-corrected chi connectivity index (χ2v) is 6.85. The van der Waals surface area contributed by atoms with E-state index < -0.39 is 5.41 Å². The van der Waals surface area contributed by atoms with Crippen LogP contribution in [0.1, 0.15) is 44.0 Å². The smallest absolute Gasteiger partial charge is 0.230 e. The third kappa shape index (κ3) is 3.38. The highest BCUT2D eigenvalue weighted by molar-refractivity contribution is 7.71. The molecule has 2 aromatic rings. The molecule has 1 aliphatic rings. The maximum absolute atomic E-state index is 14.3. The molecular weight excluding hydrogens is 339 g/mol. The van der Waals surface area contributed by atoms with Gasteiger partial charge in [0.15, 0.2) is 4.77 Å². The lowest BCUT2D eigenvalue weighted by atomic mass is 9.77. The van der Waals surface area contributed by atoms with Crippen LogP contribution in [0.25, 0.3) is 0 Å². The third-order valence-corrected chi connectivity index (χ3v) is 5.38. The van der Waals surface area contributed by atoms with Gasteiger partial charge in [0.25, 0.3) is 0 Å². The van der Waals surface area contributed by atoms with Gasteiger partial charge in [0.05, 0.1) is 5.41 Å². The van der Waals surface area contributed by atoms with Crippen molar-refractivity contribution in [1.29, 1.82) is 0 Å². The maximum Gasteiger partial charge on any atom is 0.230 e. The van der Waals surface area contributed by atoms with Gasteiger partial charge in [-0.05, 0) is 38.0 Å². The van der Waals surface area contributed by atoms with Crippen LogP contribution in [0.5, 0.6) is 0 Å². The number of carbonyl (C=O) groups excluding carboxylic acids is 1. The Balaban J connectivity index is 1.72. The van der Waals surface area contributed by atoms with Crippen molar-refractivity contribution in [1.82, 2.24) is 20.1 Å².